The molecular weight excluding hydrogens is 364 g/mol. The Bertz CT molecular complexity index is 999. The fraction of sp³-hybridized carbons (Fsp3) is 0. The molecule has 0 radical (unpaired) electrons. The van der Waals surface area contributed by atoms with E-state index in [1.807, 2.05) is 30.3 Å². The Hall–Kier alpha value is -3.44. The van der Waals surface area contributed by atoms with Gasteiger partial charge in [0.1, 0.15) is 0 Å². The van der Waals surface area contributed by atoms with Crippen LogP contribution < -0.4 is 5.32 Å². The van der Waals surface area contributed by atoms with Crippen molar-refractivity contribution in [3.05, 3.63) is 105 Å². The first-order chi connectivity index (χ1) is 13.0. The first-order valence-electron chi connectivity index (χ1n) is 8.11. The number of benzene rings is 3. The maximum atomic E-state index is 12.9. The van der Waals surface area contributed by atoms with Gasteiger partial charge in [-0.3, -0.25) is 14.9 Å². The van der Waals surface area contributed by atoms with Crippen molar-refractivity contribution in [2.24, 2.45) is 0 Å². The van der Waals surface area contributed by atoms with E-state index in [-0.39, 0.29) is 11.6 Å². The molecule has 1 N–H and O–H groups in total. The van der Waals surface area contributed by atoms with E-state index >= 15 is 0 Å². The van der Waals surface area contributed by atoms with Gasteiger partial charge in [-0.15, -0.1) is 0 Å². The van der Waals surface area contributed by atoms with Crippen molar-refractivity contribution in [2.75, 3.05) is 5.32 Å². The lowest BCUT2D eigenvalue weighted by atomic mass is 10.0. The molecule has 5 nitrogen and oxygen atoms in total. The summed E-state index contributed by atoms with van der Waals surface area (Å²) in [6, 6.07) is 22.0. The molecule has 3 rings (SSSR count). The number of nitro benzene ring substituents is 1. The van der Waals surface area contributed by atoms with Gasteiger partial charge in [0.25, 0.3) is 11.6 Å². The minimum absolute atomic E-state index is 0.0331. The number of nitrogens with zero attached hydrogens (tertiary/aromatic N) is 1. The number of nitrogens with one attached hydrogen (secondary N) is 1. The van der Waals surface area contributed by atoms with Crippen LogP contribution in [0.15, 0.2) is 78.9 Å². The molecule has 3 aromatic carbocycles. The van der Waals surface area contributed by atoms with Crippen LogP contribution in [0.25, 0.3) is 11.6 Å². The van der Waals surface area contributed by atoms with E-state index < -0.39 is 4.92 Å². The average Bonchev–Trinajstić information content (AvgIpc) is 2.68. The van der Waals surface area contributed by atoms with Gasteiger partial charge >= 0.3 is 0 Å². The molecule has 3 aromatic rings. The molecule has 0 atom stereocenters. The van der Waals surface area contributed by atoms with Crippen molar-refractivity contribution in [1.82, 2.24) is 0 Å². The third-order valence-electron chi connectivity index (χ3n) is 3.82. The van der Waals surface area contributed by atoms with Gasteiger partial charge in [-0.25, -0.2) is 0 Å². The predicted octanol–water partition coefficient (Wildman–Crippen LogP) is 5.43. The number of anilines is 1. The smallest absolute Gasteiger partial charge is 0.270 e. The van der Waals surface area contributed by atoms with E-state index in [9.17, 15) is 14.9 Å². The highest BCUT2D eigenvalue weighted by atomic mass is 35.5. The monoisotopic (exact) mass is 378 g/mol. The number of carbonyl (C=O) groups is 1. The van der Waals surface area contributed by atoms with Crippen molar-refractivity contribution in [3.8, 4) is 0 Å². The third-order valence-corrected chi connectivity index (χ3v) is 4.08. The van der Waals surface area contributed by atoms with Crippen molar-refractivity contribution >= 4 is 40.5 Å². The Morgan fingerprint density at radius 1 is 0.963 bits per heavy atom. The highest BCUT2D eigenvalue weighted by molar-refractivity contribution is 6.31. The third kappa shape index (κ3) is 4.80. The number of hydrogen-bond donors (Lipinski definition) is 1. The van der Waals surface area contributed by atoms with E-state index in [1.54, 1.807) is 42.5 Å². The zero-order valence-electron chi connectivity index (χ0n) is 14.1. The van der Waals surface area contributed by atoms with Crippen LogP contribution in [0.2, 0.25) is 5.02 Å². The molecule has 134 valence electrons. The van der Waals surface area contributed by atoms with Gasteiger partial charge < -0.3 is 5.32 Å². The summed E-state index contributed by atoms with van der Waals surface area (Å²) < 4.78 is 0. The SMILES string of the molecule is O=C(Nc1ccc(Cl)cc1)C(=Cc1cccc([N+](=O)[O-])c1)c1ccccc1. The molecular formula is C21H15ClN2O3. The molecule has 0 aromatic heterocycles. The van der Waals surface area contributed by atoms with E-state index in [0.717, 1.165) is 0 Å². The fourth-order valence-electron chi connectivity index (χ4n) is 2.52. The topological polar surface area (TPSA) is 72.2 Å². The summed E-state index contributed by atoms with van der Waals surface area (Å²) in [4.78, 5) is 23.4. The van der Waals surface area contributed by atoms with Crippen molar-refractivity contribution in [2.45, 2.75) is 0 Å². The van der Waals surface area contributed by atoms with Crippen LogP contribution in [-0.4, -0.2) is 10.8 Å². The molecule has 0 unspecified atom stereocenters. The first kappa shape index (κ1) is 18.4. The molecule has 0 aliphatic rings. The van der Waals surface area contributed by atoms with Gasteiger partial charge in [0.15, 0.2) is 0 Å². The molecule has 0 fully saturated rings. The molecule has 1 amide bonds. The van der Waals surface area contributed by atoms with Crippen LogP contribution in [0, 0.1) is 10.1 Å². The molecule has 0 aliphatic heterocycles. The van der Waals surface area contributed by atoms with Crippen molar-refractivity contribution in [3.63, 3.8) is 0 Å². The van der Waals surface area contributed by atoms with Gasteiger partial charge in [-0.05, 0) is 41.5 Å². The largest absolute Gasteiger partial charge is 0.322 e. The van der Waals surface area contributed by atoms with Gasteiger partial charge in [0.2, 0.25) is 0 Å². The van der Waals surface area contributed by atoms with Crippen molar-refractivity contribution in [1.29, 1.82) is 0 Å². The van der Waals surface area contributed by atoms with E-state index in [4.69, 9.17) is 11.6 Å². The molecule has 0 heterocycles. The van der Waals surface area contributed by atoms with Crippen LogP contribution in [0.4, 0.5) is 11.4 Å². The molecule has 0 spiro atoms. The zero-order chi connectivity index (χ0) is 19.2. The van der Waals surface area contributed by atoms with Crippen LogP contribution in [0.1, 0.15) is 11.1 Å². The summed E-state index contributed by atoms with van der Waals surface area (Å²) in [6.45, 7) is 0. The standard InChI is InChI=1S/C21H15ClN2O3/c22-17-9-11-18(12-10-17)23-21(25)20(16-6-2-1-3-7-16)14-15-5-4-8-19(13-15)24(26)27/h1-14H,(H,23,25). The van der Waals surface area contributed by atoms with Gasteiger partial charge in [-0.1, -0.05) is 54.1 Å². The predicted molar refractivity (Wildman–Crippen MR) is 107 cm³/mol. The number of hydrogen-bond acceptors (Lipinski definition) is 3. The summed E-state index contributed by atoms with van der Waals surface area (Å²) in [6.07, 6.45) is 1.63. The Kier molecular flexibility index (Phi) is 5.64. The normalized spacial score (nSPS) is 11.1. The second kappa shape index (κ2) is 8.29. The summed E-state index contributed by atoms with van der Waals surface area (Å²) in [7, 11) is 0. The van der Waals surface area contributed by atoms with E-state index in [0.29, 0.717) is 27.4 Å². The Morgan fingerprint density at radius 3 is 2.33 bits per heavy atom. The van der Waals surface area contributed by atoms with Gasteiger partial charge in [0, 0.05) is 28.4 Å². The van der Waals surface area contributed by atoms with Gasteiger partial charge in [-0.2, -0.15) is 0 Å². The lowest BCUT2D eigenvalue weighted by Gasteiger charge is -2.10. The second-order valence-corrected chi connectivity index (χ2v) is 6.17. The summed E-state index contributed by atoms with van der Waals surface area (Å²) >= 11 is 5.88. The summed E-state index contributed by atoms with van der Waals surface area (Å²) in [5.74, 6) is -0.324. The van der Waals surface area contributed by atoms with E-state index in [1.165, 1.54) is 12.1 Å². The van der Waals surface area contributed by atoms with Gasteiger partial charge in [0.05, 0.1) is 4.92 Å². The summed E-state index contributed by atoms with van der Waals surface area (Å²) in [5.41, 5.74) is 2.23. The van der Waals surface area contributed by atoms with Crippen LogP contribution in [-0.2, 0) is 4.79 Å². The highest BCUT2D eigenvalue weighted by Gasteiger charge is 2.13. The quantitative estimate of drug-likeness (QED) is 0.278. The highest BCUT2D eigenvalue weighted by Crippen LogP contribution is 2.23. The number of halogens is 1. The minimum atomic E-state index is -0.465. The number of nitro groups is 1. The van der Waals surface area contributed by atoms with Crippen LogP contribution >= 0.6 is 11.6 Å². The molecule has 0 saturated carbocycles. The first-order valence-corrected chi connectivity index (χ1v) is 8.49. The molecule has 0 aliphatic carbocycles. The fourth-order valence-corrected chi connectivity index (χ4v) is 2.65. The second-order valence-electron chi connectivity index (χ2n) is 5.74. The minimum Gasteiger partial charge on any atom is -0.322 e. The lowest BCUT2D eigenvalue weighted by Crippen LogP contribution is -2.13. The number of rotatable bonds is 5. The zero-order valence-corrected chi connectivity index (χ0v) is 14.9. The average molecular weight is 379 g/mol. The van der Waals surface area contributed by atoms with Crippen molar-refractivity contribution < 1.29 is 9.72 Å². The maximum absolute atomic E-state index is 12.9. The Balaban J connectivity index is 1.98. The molecule has 0 bridgehead atoms. The van der Waals surface area contributed by atoms with Crippen LogP contribution in [0.5, 0.6) is 0 Å². The number of non-ortho nitro benzene ring substituents is 1. The number of amides is 1. The Labute approximate surface area is 161 Å². The van der Waals surface area contributed by atoms with Crippen LogP contribution in [0.3, 0.4) is 0 Å². The van der Waals surface area contributed by atoms with E-state index in [2.05, 4.69) is 5.32 Å². The maximum Gasteiger partial charge on any atom is 0.270 e. The lowest BCUT2D eigenvalue weighted by molar-refractivity contribution is -0.384. The molecule has 27 heavy (non-hydrogen) atoms. The molecule has 0 saturated heterocycles. The Morgan fingerprint density at radius 2 is 1.67 bits per heavy atom. The summed E-state index contributed by atoms with van der Waals surface area (Å²) in [5, 5.41) is 14.4. The molecule has 6 heteroatoms. The number of carbonyl (C=O) groups excluding carboxylic acids is 1.